The van der Waals surface area contributed by atoms with Gasteiger partial charge in [-0.25, -0.2) is 4.79 Å². The molecule has 7 nitrogen and oxygen atoms in total. The zero-order chi connectivity index (χ0) is 18.9. The van der Waals surface area contributed by atoms with Crippen molar-refractivity contribution in [1.82, 2.24) is 19.8 Å². The highest BCUT2D eigenvalue weighted by molar-refractivity contribution is 5.47. The van der Waals surface area contributed by atoms with Crippen LogP contribution in [0.25, 0.3) is 5.69 Å². The molecule has 0 aliphatic rings. The minimum Gasteiger partial charge on any atom is -0.406 e. The number of ether oxygens (including phenoxy) is 1. The van der Waals surface area contributed by atoms with Crippen molar-refractivity contribution >= 4 is 5.69 Å². The fraction of sp³-hybridized carbons (Fsp3) is 0.188. The van der Waals surface area contributed by atoms with E-state index in [4.69, 9.17) is 5.73 Å². The van der Waals surface area contributed by atoms with Gasteiger partial charge in [0.1, 0.15) is 5.75 Å². The topological polar surface area (TPSA) is 88.0 Å². The van der Waals surface area contributed by atoms with Crippen LogP contribution in [0.5, 0.6) is 5.75 Å². The summed E-state index contributed by atoms with van der Waals surface area (Å²) >= 11 is 0. The first-order valence-corrected chi connectivity index (χ1v) is 7.47. The van der Waals surface area contributed by atoms with Crippen LogP contribution in [0, 0.1) is 6.92 Å². The van der Waals surface area contributed by atoms with E-state index in [1.807, 2.05) is 13.0 Å². The van der Waals surface area contributed by atoms with Gasteiger partial charge in [-0.2, -0.15) is 9.36 Å². The summed E-state index contributed by atoms with van der Waals surface area (Å²) in [6.45, 7) is 1.99. The van der Waals surface area contributed by atoms with Gasteiger partial charge in [-0.3, -0.25) is 0 Å². The molecule has 26 heavy (non-hydrogen) atoms. The van der Waals surface area contributed by atoms with Crippen molar-refractivity contribution < 1.29 is 17.9 Å². The first-order valence-electron chi connectivity index (χ1n) is 7.47. The standard InChI is InChI=1S/C16H14F3N5O2/c1-10-7-11(5-6-14(10)20)9-23-15(25)24(22-21-23)12-3-2-4-13(8-12)26-16(17,18)19/h2-8H,9,20H2,1H3. The highest BCUT2D eigenvalue weighted by Gasteiger charge is 2.31. The average Bonchev–Trinajstić information content (AvgIpc) is 2.90. The molecule has 2 aromatic carbocycles. The molecule has 0 amide bonds. The summed E-state index contributed by atoms with van der Waals surface area (Å²) in [5.41, 5.74) is 7.55. The summed E-state index contributed by atoms with van der Waals surface area (Å²) in [6, 6.07) is 10.2. The van der Waals surface area contributed by atoms with Gasteiger partial charge < -0.3 is 10.5 Å². The maximum Gasteiger partial charge on any atom is 0.573 e. The van der Waals surface area contributed by atoms with Gasteiger partial charge in [0.2, 0.25) is 0 Å². The van der Waals surface area contributed by atoms with Crippen molar-refractivity contribution in [2.75, 3.05) is 5.73 Å². The number of alkyl halides is 3. The number of rotatable bonds is 4. The lowest BCUT2D eigenvalue weighted by Gasteiger charge is -2.09. The number of hydrogen-bond donors (Lipinski definition) is 1. The van der Waals surface area contributed by atoms with Gasteiger partial charge in [-0.1, -0.05) is 18.2 Å². The number of anilines is 1. The van der Waals surface area contributed by atoms with Crippen LogP contribution in [-0.2, 0) is 6.54 Å². The van der Waals surface area contributed by atoms with Gasteiger partial charge in [-0.15, -0.1) is 13.2 Å². The lowest BCUT2D eigenvalue weighted by Crippen LogP contribution is -2.25. The fourth-order valence-electron chi connectivity index (χ4n) is 2.36. The second-order valence-corrected chi connectivity index (χ2v) is 5.57. The van der Waals surface area contributed by atoms with Crippen LogP contribution in [-0.4, -0.2) is 26.2 Å². The molecule has 3 rings (SSSR count). The number of tetrazole rings is 1. The Labute approximate surface area is 145 Å². The van der Waals surface area contributed by atoms with Crippen LogP contribution < -0.4 is 16.2 Å². The van der Waals surface area contributed by atoms with E-state index < -0.39 is 17.8 Å². The third-order valence-electron chi connectivity index (χ3n) is 3.60. The summed E-state index contributed by atoms with van der Waals surface area (Å²) in [4.78, 5) is 12.4. The summed E-state index contributed by atoms with van der Waals surface area (Å²) in [6.07, 6.45) is -4.83. The number of nitrogens with zero attached hydrogens (tertiary/aromatic N) is 4. The smallest absolute Gasteiger partial charge is 0.406 e. The molecule has 3 aromatic rings. The lowest BCUT2D eigenvalue weighted by atomic mass is 10.1. The Morgan fingerprint density at radius 1 is 1.15 bits per heavy atom. The number of halogens is 3. The Morgan fingerprint density at radius 2 is 1.92 bits per heavy atom. The Bertz CT molecular complexity index is 994. The van der Waals surface area contributed by atoms with E-state index in [1.165, 1.54) is 12.1 Å². The normalized spacial score (nSPS) is 11.5. The molecule has 10 heteroatoms. The minimum absolute atomic E-state index is 0.108. The second-order valence-electron chi connectivity index (χ2n) is 5.57. The molecule has 0 unspecified atom stereocenters. The third-order valence-corrected chi connectivity index (χ3v) is 3.60. The third kappa shape index (κ3) is 3.85. The predicted molar refractivity (Wildman–Crippen MR) is 87.0 cm³/mol. The molecule has 0 radical (unpaired) electrons. The Hall–Kier alpha value is -3.30. The molecule has 0 bridgehead atoms. The number of nitrogen functional groups attached to an aromatic ring is 1. The molecular formula is C16H14F3N5O2. The van der Waals surface area contributed by atoms with E-state index in [0.29, 0.717) is 5.69 Å². The summed E-state index contributed by atoms with van der Waals surface area (Å²) in [5, 5.41) is 7.48. The van der Waals surface area contributed by atoms with E-state index in [0.717, 1.165) is 32.6 Å². The first kappa shape index (κ1) is 17.5. The quantitative estimate of drug-likeness (QED) is 0.717. The molecule has 0 spiro atoms. The molecule has 0 aliphatic carbocycles. The van der Waals surface area contributed by atoms with Gasteiger partial charge >= 0.3 is 12.1 Å². The molecule has 0 saturated carbocycles. The van der Waals surface area contributed by atoms with Gasteiger partial charge in [0.05, 0.1) is 12.2 Å². The first-order chi connectivity index (χ1) is 12.2. The van der Waals surface area contributed by atoms with E-state index in [2.05, 4.69) is 15.2 Å². The number of aromatic nitrogens is 4. The van der Waals surface area contributed by atoms with Gasteiger partial charge in [0, 0.05) is 11.8 Å². The van der Waals surface area contributed by atoms with Gasteiger partial charge in [0.15, 0.2) is 0 Å². The van der Waals surface area contributed by atoms with Crippen LogP contribution >= 0.6 is 0 Å². The van der Waals surface area contributed by atoms with Crippen molar-refractivity contribution in [3.05, 3.63) is 64.1 Å². The fourth-order valence-corrected chi connectivity index (χ4v) is 2.36. The van der Waals surface area contributed by atoms with E-state index in [1.54, 1.807) is 12.1 Å². The molecule has 1 heterocycles. The molecule has 1 aromatic heterocycles. The molecule has 0 aliphatic heterocycles. The second kappa shape index (κ2) is 6.54. The number of aryl methyl sites for hydroxylation is 1. The van der Waals surface area contributed by atoms with E-state index >= 15 is 0 Å². The maximum absolute atomic E-state index is 12.4. The van der Waals surface area contributed by atoms with Crippen LogP contribution in [0.15, 0.2) is 47.3 Å². The van der Waals surface area contributed by atoms with E-state index in [9.17, 15) is 18.0 Å². The number of hydrogen-bond acceptors (Lipinski definition) is 5. The van der Waals surface area contributed by atoms with Crippen LogP contribution in [0.4, 0.5) is 18.9 Å². The Morgan fingerprint density at radius 3 is 2.62 bits per heavy atom. The lowest BCUT2D eigenvalue weighted by molar-refractivity contribution is -0.274. The highest BCUT2D eigenvalue weighted by atomic mass is 19.4. The molecular weight excluding hydrogens is 351 g/mol. The molecule has 2 N–H and O–H groups in total. The SMILES string of the molecule is Cc1cc(Cn2nnn(-c3cccc(OC(F)(F)F)c3)c2=O)ccc1N. The average molecular weight is 365 g/mol. The monoisotopic (exact) mass is 365 g/mol. The van der Waals surface area contributed by atoms with E-state index in [-0.39, 0.29) is 12.2 Å². The summed E-state index contributed by atoms with van der Waals surface area (Å²) < 4.78 is 42.8. The molecule has 0 fully saturated rings. The molecule has 0 saturated heterocycles. The van der Waals surface area contributed by atoms with Crippen LogP contribution in [0.1, 0.15) is 11.1 Å². The highest BCUT2D eigenvalue weighted by Crippen LogP contribution is 2.24. The van der Waals surface area contributed by atoms with Gasteiger partial charge in [-0.05, 0) is 46.7 Å². The zero-order valence-electron chi connectivity index (χ0n) is 13.6. The van der Waals surface area contributed by atoms with Crippen molar-refractivity contribution in [3.8, 4) is 11.4 Å². The van der Waals surface area contributed by atoms with Crippen LogP contribution in [0.3, 0.4) is 0 Å². The van der Waals surface area contributed by atoms with Crippen molar-refractivity contribution in [3.63, 3.8) is 0 Å². The Kier molecular flexibility index (Phi) is 4.41. The summed E-state index contributed by atoms with van der Waals surface area (Å²) in [7, 11) is 0. The molecule has 136 valence electrons. The van der Waals surface area contributed by atoms with Crippen molar-refractivity contribution in [2.24, 2.45) is 0 Å². The number of nitrogens with two attached hydrogens (primary N) is 1. The van der Waals surface area contributed by atoms with Crippen LogP contribution in [0.2, 0.25) is 0 Å². The largest absolute Gasteiger partial charge is 0.573 e. The maximum atomic E-state index is 12.4. The molecule has 0 atom stereocenters. The number of benzene rings is 2. The van der Waals surface area contributed by atoms with Crippen molar-refractivity contribution in [1.29, 1.82) is 0 Å². The Balaban J connectivity index is 1.88. The van der Waals surface area contributed by atoms with Crippen molar-refractivity contribution in [2.45, 2.75) is 19.8 Å². The zero-order valence-corrected chi connectivity index (χ0v) is 13.6. The van der Waals surface area contributed by atoms with Gasteiger partial charge in [0.25, 0.3) is 0 Å². The minimum atomic E-state index is -4.83. The summed E-state index contributed by atoms with van der Waals surface area (Å²) in [5.74, 6) is -0.453. The predicted octanol–water partition coefficient (Wildman–Crippen LogP) is 2.27.